The van der Waals surface area contributed by atoms with Crippen LogP contribution in [0.25, 0.3) is 11.0 Å². The van der Waals surface area contributed by atoms with Gasteiger partial charge >= 0.3 is 5.97 Å². The molecule has 5 rings (SSSR count). The number of anilines is 1. The quantitative estimate of drug-likeness (QED) is 0.225. The largest absolute Gasteiger partial charge is 0.497 e. The number of carbonyl (C=O) groups excluding carboxylic acids is 1. The van der Waals surface area contributed by atoms with Gasteiger partial charge in [0.1, 0.15) is 29.3 Å². The molecule has 2 atom stereocenters. The second kappa shape index (κ2) is 13.8. The Morgan fingerprint density at radius 2 is 1.93 bits per heavy atom. The van der Waals surface area contributed by atoms with Crippen LogP contribution in [0.4, 0.5) is 5.82 Å². The molecule has 2 aliphatic carbocycles. The zero-order valence-electron chi connectivity index (χ0n) is 25.8. The van der Waals surface area contributed by atoms with Gasteiger partial charge in [-0.3, -0.25) is 9.69 Å². The Morgan fingerprint density at radius 3 is 2.67 bits per heavy atom. The SMILES string of the molecule is CCOC(=O)CCC1CC(N(C[C@@H]2CC[C@H](n3ccc4c(NCc5ccc(OC)cc5OC)ncnc43)C2)C(C)C)C1. The molecule has 3 aromatic rings. The average Bonchev–Trinajstić information content (AvgIpc) is 3.61. The summed E-state index contributed by atoms with van der Waals surface area (Å²) in [6.45, 7) is 8.73. The van der Waals surface area contributed by atoms with Gasteiger partial charge in [-0.15, -0.1) is 0 Å². The molecule has 2 aromatic heterocycles. The van der Waals surface area contributed by atoms with Crippen molar-refractivity contribution < 1.29 is 19.0 Å². The molecule has 228 valence electrons. The van der Waals surface area contributed by atoms with Gasteiger partial charge in [0.15, 0.2) is 0 Å². The highest BCUT2D eigenvalue weighted by atomic mass is 16.5. The van der Waals surface area contributed by atoms with Gasteiger partial charge in [0.05, 0.1) is 26.2 Å². The van der Waals surface area contributed by atoms with Gasteiger partial charge in [0.2, 0.25) is 0 Å². The lowest BCUT2D eigenvalue weighted by atomic mass is 9.76. The fourth-order valence-corrected chi connectivity index (χ4v) is 6.89. The maximum Gasteiger partial charge on any atom is 0.305 e. The van der Waals surface area contributed by atoms with Crippen LogP contribution in [0.3, 0.4) is 0 Å². The number of methoxy groups -OCH3 is 2. The Bertz CT molecular complexity index is 1340. The number of rotatable bonds is 14. The standard InChI is InChI=1S/C33H47N5O4/c1-6-42-31(39)12-8-23-15-27(16-23)38(22(2)3)20-24-7-10-26(17-24)37-14-13-29-32(35-21-36-33(29)37)34-19-25-9-11-28(40-4)18-30(25)41-5/h9,11,13-14,18,21-24,26-27H,6-8,10,12,15-17,19-20H2,1-5H3,(H,34,35,36)/t23?,24-,26+,27?/m1/s1. The summed E-state index contributed by atoms with van der Waals surface area (Å²) in [5.74, 6) is 3.66. The third-order valence-electron chi connectivity index (χ3n) is 9.23. The molecule has 1 aromatic carbocycles. The molecule has 2 saturated carbocycles. The van der Waals surface area contributed by atoms with E-state index < -0.39 is 0 Å². The van der Waals surface area contributed by atoms with Crippen molar-refractivity contribution in [3.05, 3.63) is 42.4 Å². The number of esters is 1. The summed E-state index contributed by atoms with van der Waals surface area (Å²) in [4.78, 5) is 23.7. The van der Waals surface area contributed by atoms with E-state index in [2.05, 4.69) is 45.9 Å². The first kappa shape index (κ1) is 30.1. The van der Waals surface area contributed by atoms with Crippen LogP contribution in [0.2, 0.25) is 0 Å². The summed E-state index contributed by atoms with van der Waals surface area (Å²) in [5.41, 5.74) is 2.03. The van der Waals surface area contributed by atoms with Crippen molar-refractivity contribution in [1.29, 1.82) is 0 Å². The van der Waals surface area contributed by atoms with E-state index in [-0.39, 0.29) is 5.97 Å². The number of benzene rings is 1. The Kier molecular flexibility index (Phi) is 9.88. The summed E-state index contributed by atoms with van der Waals surface area (Å²) in [5, 5.41) is 4.54. The Hall–Kier alpha value is -3.33. The van der Waals surface area contributed by atoms with Crippen molar-refractivity contribution in [1.82, 2.24) is 19.4 Å². The van der Waals surface area contributed by atoms with Crippen LogP contribution in [-0.2, 0) is 16.1 Å². The number of nitrogens with one attached hydrogen (secondary N) is 1. The zero-order valence-corrected chi connectivity index (χ0v) is 25.8. The minimum Gasteiger partial charge on any atom is -0.497 e. The molecule has 2 fully saturated rings. The van der Waals surface area contributed by atoms with E-state index in [1.54, 1.807) is 20.5 Å². The number of carbonyl (C=O) groups is 1. The molecule has 0 bridgehead atoms. The van der Waals surface area contributed by atoms with Crippen LogP contribution >= 0.6 is 0 Å². The third kappa shape index (κ3) is 6.83. The third-order valence-corrected chi connectivity index (χ3v) is 9.23. The molecule has 0 aliphatic heterocycles. The van der Waals surface area contributed by atoms with Crippen LogP contribution in [0.1, 0.15) is 77.3 Å². The lowest BCUT2D eigenvalue weighted by Gasteiger charge is -2.46. The number of hydrogen-bond acceptors (Lipinski definition) is 8. The highest BCUT2D eigenvalue weighted by molar-refractivity contribution is 5.87. The fraction of sp³-hybridized carbons (Fsp3) is 0.606. The molecule has 2 heterocycles. The predicted octanol–water partition coefficient (Wildman–Crippen LogP) is 6.23. The second-order valence-corrected chi connectivity index (χ2v) is 12.2. The first-order valence-electron chi connectivity index (χ1n) is 15.6. The first-order valence-corrected chi connectivity index (χ1v) is 15.6. The summed E-state index contributed by atoms with van der Waals surface area (Å²) in [7, 11) is 3.33. The molecular weight excluding hydrogens is 530 g/mol. The number of nitrogens with zero attached hydrogens (tertiary/aromatic N) is 4. The van der Waals surface area contributed by atoms with Gasteiger partial charge < -0.3 is 24.1 Å². The normalized spacial score (nSPS) is 22.0. The fourth-order valence-electron chi connectivity index (χ4n) is 6.89. The van der Waals surface area contributed by atoms with Gasteiger partial charge in [0.25, 0.3) is 0 Å². The summed E-state index contributed by atoms with van der Waals surface area (Å²) < 4.78 is 18.4. The summed E-state index contributed by atoms with van der Waals surface area (Å²) in [6, 6.07) is 9.60. The maximum atomic E-state index is 11.8. The van der Waals surface area contributed by atoms with Crippen LogP contribution in [0.5, 0.6) is 11.5 Å². The number of ether oxygens (including phenoxy) is 3. The Labute approximate surface area is 249 Å². The van der Waals surface area contributed by atoms with Crippen molar-refractivity contribution in [2.24, 2.45) is 11.8 Å². The van der Waals surface area contributed by atoms with Gasteiger partial charge in [-0.05, 0) is 89.3 Å². The monoisotopic (exact) mass is 577 g/mol. The van der Waals surface area contributed by atoms with Gasteiger partial charge in [-0.25, -0.2) is 9.97 Å². The molecule has 42 heavy (non-hydrogen) atoms. The highest BCUT2D eigenvalue weighted by Crippen LogP contribution is 2.41. The number of hydrogen-bond donors (Lipinski definition) is 1. The molecular formula is C33H47N5O4. The van der Waals surface area contributed by atoms with Gasteiger partial charge in [0, 0.05) is 55.5 Å². The van der Waals surface area contributed by atoms with E-state index in [4.69, 9.17) is 19.2 Å². The van der Waals surface area contributed by atoms with E-state index in [9.17, 15) is 4.79 Å². The maximum absolute atomic E-state index is 11.8. The molecule has 9 heteroatoms. The van der Waals surface area contributed by atoms with E-state index in [1.807, 2.05) is 25.1 Å². The molecule has 0 radical (unpaired) electrons. The molecule has 0 saturated heterocycles. The highest BCUT2D eigenvalue weighted by Gasteiger charge is 2.37. The molecule has 0 spiro atoms. The van der Waals surface area contributed by atoms with Crippen LogP contribution in [0.15, 0.2) is 36.8 Å². The Balaban J connectivity index is 1.18. The van der Waals surface area contributed by atoms with E-state index >= 15 is 0 Å². The lowest BCUT2D eigenvalue weighted by Crippen LogP contribution is -2.49. The Morgan fingerprint density at radius 1 is 1.10 bits per heavy atom. The molecule has 0 amide bonds. The minimum atomic E-state index is -0.0538. The second-order valence-electron chi connectivity index (χ2n) is 12.2. The summed E-state index contributed by atoms with van der Waals surface area (Å²) >= 11 is 0. The van der Waals surface area contributed by atoms with Gasteiger partial charge in [-0.1, -0.05) is 0 Å². The number of aromatic nitrogens is 3. The smallest absolute Gasteiger partial charge is 0.305 e. The van der Waals surface area contributed by atoms with Crippen molar-refractivity contribution in [2.45, 2.75) is 90.4 Å². The molecule has 2 aliphatic rings. The topological polar surface area (TPSA) is 90.7 Å². The van der Waals surface area contributed by atoms with Crippen molar-refractivity contribution in [3.8, 4) is 11.5 Å². The van der Waals surface area contributed by atoms with Crippen molar-refractivity contribution >= 4 is 22.8 Å². The van der Waals surface area contributed by atoms with Crippen molar-refractivity contribution in [3.63, 3.8) is 0 Å². The first-order chi connectivity index (χ1) is 20.4. The molecule has 0 unspecified atom stereocenters. The van der Waals surface area contributed by atoms with Gasteiger partial charge in [-0.2, -0.15) is 0 Å². The molecule has 9 nitrogen and oxygen atoms in total. The molecule has 1 N–H and O–H groups in total. The van der Waals surface area contributed by atoms with E-state index in [1.165, 1.54) is 32.1 Å². The lowest BCUT2D eigenvalue weighted by molar-refractivity contribution is -0.143. The minimum absolute atomic E-state index is 0.0538. The van der Waals surface area contributed by atoms with E-state index in [0.29, 0.717) is 49.5 Å². The van der Waals surface area contributed by atoms with E-state index in [0.717, 1.165) is 46.9 Å². The van der Waals surface area contributed by atoms with Crippen molar-refractivity contribution in [2.75, 3.05) is 32.7 Å². The average molecular weight is 578 g/mol. The summed E-state index contributed by atoms with van der Waals surface area (Å²) in [6.07, 6.45) is 11.3. The van der Waals surface area contributed by atoms with Crippen LogP contribution in [-0.4, -0.2) is 64.9 Å². The zero-order chi connectivity index (χ0) is 29.6. The predicted molar refractivity (Wildman–Crippen MR) is 165 cm³/mol. The van der Waals surface area contributed by atoms with Crippen LogP contribution < -0.4 is 14.8 Å². The number of fused-ring (bicyclic) bond motifs is 1. The van der Waals surface area contributed by atoms with Crippen LogP contribution in [0, 0.1) is 11.8 Å².